The van der Waals surface area contributed by atoms with Gasteiger partial charge in [-0.1, -0.05) is 35.5 Å². The van der Waals surface area contributed by atoms with Gasteiger partial charge in [0.1, 0.15) is 0 Å². The summed E-state index contributed by atoms with van der Waals surface area (Å²) in [7, 11) is 3.82. The number of nitrogens with one attached hydrogen (secondary N) is 1. The van der Waals surface area contributed by atoms with Gasteiger partial charge in [-0.05, 0) is 27.0 Å². The van der Waals surface area contributed by atoms with Crippen LogP contribution in [0.2, 0.25) is 0 Å². The Hall–Kier alpha value is -3.06. The molecule has 4 aromatic rings. The van der Waals surface area contributed by atoms with Crippen LogP contribution < -0.4 is 5.32 Å². The standard InChI is InChI=1S/C20H22N6O/c1-12(21-3)10-17-23-20(27-25-17)15-11-16(14-8-6-5-7-9-14)22-19-18(15)13(2)24-26(19)4/h5-9,11-12,21H,10H2,1-4H3. The van der Waals surface area contributed by atoms with Crippen molar-refractivity contribution in [3.05, 3.63) is 47.9 Å². The molecule has 3 heterocycles. The zero-order valence-electron chi connectivity index (χ0n) is 15.9. The molecule has 1 atom stereocenters. The lowest BCUT2D eigenvalue weighted by atomic mass is 10.1. The van der Waals surface area contributed by atoms with Crippen LogP contribution in [0.3, 0.4) is 0 Å². The van der Waals surface area contributed by atoms with Crippen molar-refractivity contribution < 1.29 is 4.52 Å². The summed E-state index contributed by atoms with van der Waals surface area (Å²) in [5.74, 6) is 1.17. The number of fused-ring (bicyclic) bond motifs is 1. The molecule has 4 rings (SSSR count). The zero-order valence-corrected chi connectivity index (χ0v) is 15.9. The number of aryl methyl sites for hydroxylation is 2. The molecule has 0 bridgehead atoms. The lowest BCUT2D eigenvalue weighted by molar-refractivity contribution is 0.418. The van der Waals surface area contributed by atoms with Crippen molar-refractivity contribution in [2.75, 3.05) is 7.05 Å². The number of aromatic nitrogens is 5. The molecule has 3 aromatic heterocycles. The van der Waals surface area contributed by atoms with Gasteiger partial charge in [-0.25, -0.2) is 4.98 Å². The van der Waals surface area contributed by atoms with Crippen molar-refractivity contribution in [2.45, 2.75) is 26.3 Å². The minimum atomic E-state index is 0.271. The summed E-state index contributed by atoms with van der Waals surface area (Å²) in [6, 6.07) is 12.3. The van der Waals surface area contributed by atoms with E-state index in [0.717, 1.165) is 33.5 Å². The van der Waals surface area contributed by atoms with Crippen molar-refractivity contribution >= 4 is 11.0 Å². The van der Waals surface area contributed by atoms with Gasteiger partial charge in [0.05, 0.1) is 22.3 Å². The Balaban J connectivity index is 1.88. The normalized spacial score (nSPS) is 12.6. The Labute approximate surface area is 157 Å². The third-order valence-electron chi connectivity index (χ3n) is 4.72. The van der Waals surface area contributed by atoms with E-state index in [9.17, 15) is 0 Å². The molecule has 0 aliphatic rings. The highest BCUT2D eigenvalue weighted by atomic mass is 16.5. The molecular formula is C20H22N6O. The first-order valence-electron chi connectivity index (χ1n) is 8.97. The second-order valence-corrected chi connectivity index (χ2v) is 6.74. The number of hydrogen-bond donors (Lipinski definition) is 1. The van der Waals surface area contributed by atoms with Gasteiger partial charge in [0, 0.05) is 25.1 Å². The Morgan fingerprint density at radius 1 is 1.19 bits per heavy atom. The Morgan fingerprint density at radius 3 is 2.70 bits per heavy atom. The van der Waals surface area contributed by atoms with Crippen molar-refractivity contribution in [1.29, 1.82) is 0 Å². The van der Waals surface area contributed by atoms with Crippen LogP contribution in [0, 0.1) is 6.92 Å². The van der Waals surface area contributed by atoms with Gasteiger partial charge < -0.3 is 9.84 Å². The van der Waals surface area contributed by atoms with Gasteiger partial charge in [0.25, 0.3) is 5.89 Å². The largest absolute Gasteiger partial charge is 0.334 e. The molecule has 0 saturated heterocycles. The fourth-order valence-electron chi connectivity index (χ4n) is 3.19. The van der Waals surface area contributed by atoms with Gasteiger partial charge >= 0.3 is 0 Å². The third kappa shape index (κ3) is 3.21. The molecule has 0 radical (unpaired) electrons. The van der Waals surface area contributed by atoms with Crippen LogP contribution in [0.25, 0.3) is 33.7 Å². The molecule has 1 aromatic carbocycles. The maximum absolute atomic E-state index is 5.61. The molecule has 0 aliphatic heterocycles. The van der Waals surface area contributed by atoms with E-state index in [0.29, 0.717) is 18.1 Å². The summed E-state index contributed by atoms with van der Waals surface area (Å²) < 4.78 is 7.40. The van der Waals surface area contributed by atoms with Gasteiger partial charge in [-0.2, -0.15) is 10.1 Å². The van der Waals surface area contributed by atoms with Crippen LogP contribution in [0.4, 0.5) is 0 Å². The molecule has 138 valence electrons. The summed E-state index contributed by atoms with van der Waals surface area (Å²) in [4.78, 5) is 9.44. The summed E-state index contributed by atoms with van der Waals surface area (Å²) in [5.41, 5.74) is 4.43. The van der Waals surface area contributed by atoms with E-state index in [1.165, 1.54) is 0 Å². The number of likely N-dealkylation sites (N-methyl/N-ethyl adjacent to an activating group) is 1. The van der Waals surface area contributed by atoms with Crippen LogP contribution >= 0.6 is 0 Å². The SMILES string of the molecule is CNC(C)Cc1noc(-c2cc(-c3ccccc3)nc3c2c(C)nn3C)n1. The molecule has 0 aliphatic carbocycles. The van der Waals surface area contributed by atoms with Gasteiger partial charge in [0.15, 0.2) is 11.5 Å². The summed E-state index contributed by atoms with van der Waals surface area (Å²) in [6.45, 7) is 4.05. The highest BCUT2D eigenvalue weighted by molar-refractivity contribution is 5.95. The molecule has 0 spiro atoms. The molecule has 0 fully saturated rings. The van der Waals surface area contributed by atoms with Gasteiger partial charge in [-0.3, -0.25) is 4.68 Å². The molecule has 7 heteroatoms. The first kappa shape index (κ1) is 17.4. The highest BCUT2D eigenvalue weighted by Crippen LogP contribution is 2.32. The third-order valence-corrected chi connectivity index (χ3v) is 4.72. The van der Waals surface area contributed by atoms with Crippen molar-refractivity contribution in [3.8, 4) is 22.7 Å². The monoisotopic (exact) mass is 362 g/mol. The second kappa shape index (κ2) is 6.92. The molecular weight excluding hydrogens is 340 g/mol. The van der Waals surface area contributed by atoms with E-state index < -0.39 is 0 Å². The fraction of sp³-hybridized carbons (Fsp3) is 0.300. The summed E-state index contributed by atoms with van der Waals surface area (Å²) in [5, 5.41) is 12.8. The van der Waals surface area contributed by atoms with Crippen LogP contribution in [0.5, 0.6) is 0 Å². The van der Waals surface area contributed by atoms with E-state index in [4.69, 9.17) is 9.51 Å². The van der Waals surface area contributed by atoms with Gasteiger partial charge in [0.2, 0.25) is 0 Å². The molecule has 27 heavy (non-hydrogen) atoms. The maximum Gasteiger partial charge on any atom is 0.258 e. The minimum absolute atomic E-state index is 0.271. The number of rotatable bonds is 5. The smallest absolute Gasteiger partial charge is 0.258 e. The predicted molar refractivity (Wildman–Crippen MR) is 104 cm³/mol. The van der Waals surface area contributed by atoms with Crippen LogP contribution in [-0.2, 0) is 13.5 Å². The lowest BCUT2D eigenvalue weighted by Gasteiger charge is -2.06. The molecule has 0 amide bonds. The Bertz CT molecular complexity index is 1080. The number of pyridine rings is 1. The molecule has 7 nitrogen and oxygen atoms in total. The average Bonchev–Trinajstić information content (AvgIpc) is 3.26. The van der Waals surface area contributed by atoms with Crippen molar-refractivity contribution in [3.63, 3.8) is 0 Å². The average molecular weight is 362 g/mol. The first-order valence-corrected chi connectivity index (χ1v) is 8.97. The highest BCUT2D eigenvalue weighted by Gasteiger charge is 2.20. The van der Waals surface area contributed by atoms with Crippen LogP contribution in [0.1, 0.15) is 18.4 Å². The quantitative estimate of drug-likeness (QED) is 0.587. The lowest BCUT2D eigenvalue weighted by Crippen LogP contribution is -2.24. The number of benzene rings is 1. The number of nitrogens with zero attached hydrogens (tertiary/aromatic N) is 5. The zero-order chi connectivity index (χ0) is 19.0. The molecule has 1 unspecified atom stereocenters. The number of hydrogen-bond acceptors (Lipinski definition) is 6. The topological polar surface area (TPSA) is 81.7 Å². The summed E-state index contributed by atoms with van der Waals surface area (Å²) >= 11 is 0. The van der Waals surface area contributed by atoms with Crippen molar-refractivity contribution in [2.24, 2.45) is 7.05 Å². The second-order valence-electron chi connectivity index (χ2n) is 6.74. The van der Waals surface area contributed by atoms with Crippen LogP contribution in [0.15, 0.2) is 40.9 Å². The predicted octanol–water partition coefficient (Wildman–Crippen LogP) is 3.14. The molecule has 1 N–H and O–H groups in total. The van der Waals surface area contributed by atoms with E-state index in [1.54, 1.807) is 4.68 Å². The van der Waals surface area contributed by atoms with Crippen molar-refractivity contribution in [1.82, 2.24) is 30.2 Å². The fourth-order valence-corrected chi connectivity index (χ4v) is 3.19. The Kier molecular flexibility index (Phi) is 4.45. The van der Waals surface area contributed by atoms with E-state index in [1.807, 2.05) is 57.4 Å². The van der Waals surface area contributed by atoms with E-state index >= 15 is 0 Å². The van der Waals surface area contributed by atoms with Crippen LogP contribution in [-0.4, -0.2) is 38.0 Å². The maximum atomic E-state index is 5.61. The van der Waals surface area contributed by atoms with Gasteiger partial charge in [-0.15, -0.1) is 0 Å². The first-order chi connectivity index (χ1) is 13.1. The summed E-state index contributed by atoms with van der Waals surface area (Å²) in [6.07, 6.45) is 0.700. The Morgan fingerprint density at radius 2 is 1.96 bits per heavy atom. The molecule has 0 saturated carbocycles. The minimum Gasteiger partial charge on any atom is -0.334 e. The van der Waals surface area contributed by atoms with E-state index in [-0.39, 0.29) is 6.04 Å². The van der Waals surface area contributed by atoms with E-state index in [2.05, 4.69) is 27.5 Å².